The van der Waals surface area contributed by atoms with Crippen molar-refractivity contribution in [1.29, 1.82) is 0 Å². The van der Waals surface area contributed by atoms with E-state index in [-0.39, 0.29) is 5.75 Å². The highest BCUT2D eigenvalue weighted by atomic mass is 79.9. The smallest absolute Gasteiger partial charge is 0.166 e. The summed E-state index contributed by atoms with van der Waals surface area (Å²) in [5, 5.41) is 0.413. The lowest BCUT2D eigenvalue weighted by Gasteiger charge is -2.12. The lowest BCUT2D eigenvalue weighted by atomic mass is 10.1. The third-order valence-corrected chi connectivity index (χ3v) is 3.36. The van der Waals surface area contributed by atoms with E-state index in [9.17, 15) is 4.39 Å². The van der Waals surface area contributed by atoms with Crippen LogP contribution in [0, 0.1) is 5.82 Å². The molecule has 0 unspecified atom stereocenters. The molecule has 0 radical (unpaired) electrons. The second kappa shape index (κ2) is 6.37. The molecule has 0 amide bonds. The molecule has 2 aromatic rings. The minimum atomic E-state index is -0.426. The fourth-order valence-electron chi connectivity index (χ4n) is 1.69. The minimum Gasteiger partial charge on any atom is -0.452 e. The average molecular weight is 345 g/mol. The van der Waals surface area contributed by atoms with Crippen molar-refractivity contribution in [2.24, 2.45) is 5.73 Å². The van der Waals surface area contributed by atoms with Crippen molar-refractivity contribution in [3.05, 3.63) is 57.3 Å². The third-order valence-electron chi connectivity index (χ3n) is 2.57. The molecule has 5 heteroatoms. The first-order valence-electron chi connectivity index (χ1n) is 5.72. The lowest BCUT2D eigenvalue weighted by molar-refractivity contribution is 0.436. The SMILES string of the molecule is NCCc1cccc(F)c1Oc1ccc(Br)cc1Cl. The molecule has 2 aromatic carbocycles. The van der Waals surface area contributed by atoms with Crippen LogP contribution in [0.25, 0.3) is 0 Å². The van der Waals surface area contributed by atoms with E-state index >= 15 is 0 Å². The number of halogens is 3. The van der Waals surface area contributed by atoms with Crippen LogP contribution in [0.4, 0.5) is 4.39 Å². The molecule has 0 aliphatic rings. The zero-order valence-electron chi connectivity index (χ0n) is 10.00. The molecule has 2 N–H and O–H groups in total. The second-order valence-electron chi connectivity index (χ2n) is 3.94. The number of hydrogen-bond donors (Lipinski definition) is 1. The number of para-hydroxylation sites is 1. The highest BCUT2D eigenvalue weighted by molar-refractivity contribution is 9.10. The highest BCUT2D eigenvalue weighted by Gasteiger charge is 2.12. The molecular formula is C14H12BrClFNO. The topological polar surface area (TPSA) is 35.2 Å². The Bertz CT molecular complexity index is 592. The molecule has 0 fully saturated rings. The first kappa shape index (κ1) is 14.3. The van der Waals surface area contributed by atoms with Gasteiger partial charge in [0.05, 0.1) is 5.02 Å². The van der Waals surface area contributed by atoms with Gasteiger partial charge in [0.25, 0.3) is 0 Å². The van der Waals surface area contributed by atoms with Crippen LogP contribution < -0.4 is 10.5 Å². The van der Waals surface area contributed by atoms with E-state index in [1.807, 2.05) is 0 Å². The summed E-state index contributed by atoms with van der Waals surface area (Å²) >= 11 is 9.36. The molecule has 2 nitrogen and oxygen atoms in total. The lowest BCUT2D eigenvalue weighted by Crippen LogP contribution is -2.05. The van der Waals surface area contributed by atoms with Gasteiger partial charge in [0.1, 0.15) is 5.75 Å². The largest absolute Gasteiger partial charge is 0.452 e. The first-order chi connectivity index (χ1) is 9.11. The van der Waals surface area contributed by atoms with Crippen molar-refractivity contribution in [2.75, 3.05) is 6.54 Å². The zero-order valence-corrected chi connectivity index (χ0v) is 12.3. The predicted molar refractivity (Wildman–Crippen MR) is 78.4 cm³/mol. The molecule has 19 heavy (non-hydrogen) atoms. The Labute approximate surface area is 124 Å². The highest BCUT2D eigenvalue weighted by Crippen LogP contribution is 2.34. The summed E-state index contributed by atoms with van der Waals surface area (Å²) in [6, 6.07) is 9.94. The molecule has 2 rings (SSSR count). The van der Waals surface area contributed by atoms with Crippen LogP contribution in [0.2, 0.25) is 5.02 Å². The van der Waals surface area contributed by atoms with E-state index in [4.69, 9.17) is 22.1 Å². The fourth-order valence-corrected chi connectivity index (χ4v) is 2.40. The number of ether oxygens (including phenoxy) is 1. The van der Waals surface area contributed by atoms with Crippen LogP contribution in [0.1, 0.15) is 5.56 Å². The van der Waals surface area contributed by atoms with E-state index in [1.54, 1.807) is 30.3 Å². The van der Waals surface area contributed by atoms with Crippen molar-refractivity contribution < 1.29 is 9.13 Å². The zero-order chi connectivity index (χ0) is 13.8. The summed E-state index contributed by atoms with van der Waals surface area (Å²) in [5.41, 5.74) is 6.24. The molecule has 0 aromatic heterocycles. The van der Waals surface area contributed by atoms with Crippen LogP contribution in [0.5, 0.6) is 11.5 Å². The van der Waals surface area contributed by atoms with E-state index in [2.05, 4.69) is 15.9 Å². The van der Waals surface area contributed by atoms with Crippen molar-refractivity contribution >= 4 is 27.5 Å². The van der Waals surface area contributed by atoms with Crippen molar-refractivity contribution in [3.8, 4) is 11.5 Å². The maximum Gasteiger partial charge on any atom is 0.166 e. The molecule has 0 aliphatic carbocycles. The van der Waals surface area contributed by atoms with Crippen LogP contribution >= 0.6 is 27.5 Å². The summed E-state index contributed by atoms with van der Waals surface area (Å²) < 4.78 is 20.3. The van der Waals surface area contributed by atoms with Gasteiger partial charge in [-0.05, 0) is 42.8 Å². The standard InChI is InChI=1S/C14H12BrClFNO/c15-10-4-5-13(11(16)8-10)19-14-9(6-7-18)2-1-3-12(14)17/h1-5,8H,6-7,18H2. The summed E-state index contributed by atoms with van der Waals surface area (Å²) in [6.45, 7) is 0.424. The minimum absolute atomic E-state index is 0.178. The molecular weight excluding hydrogens is 333 g/mol. The second-order valence-corrected chi connectivity index (χ2v) is 5.27. The van der Waals surface area contributed by atoms with Gasteiger partial charge < -0.3 is 10.5 Å². The normalized spacial score (nSPS) is 10.5. The summed E-state index contributed by atoms with van der Waals surface area (Å²) in [5.74, 6) is 0.162. The fraction of sp³-hybridized carbons (Fsp3) is 0.143. The van der Waals surface area contributed by atoms with Crippen LogP contribution in [-0.2, 0) is 6.42 Å². The third kappa shape index (κ3) is 3.47. The van der Waals surface area contributed by atoms with Gasteiger partial charge in [-0.1, -0.05) is 39.7 Å². The summed E-state index contributed by atoms with van der Waals surface area (Å²) in [7, 11) is 0. The quantitative estimate of drug-likeness (QED) is 0.884. The molecule has 0 heterocycles. The molecule has 0 atom stereocenters. The van der Waals surface area contributed by atoms with Crippen molar-refractivity contribution in [1.82, 2.24) is 0 Å². The van der Waals surface area contributed by atoms with Crippen molar-refractivity contribution in [3.63, 3.8) is 0 Å². The van der Waals surface area contributed by atoms with E-state index in [0.29, 0.717) is 23.7 Å². The van der Waals surface area contributed by atoms with Crippen molar-refractivity contribution in [2.45, 2.75) is 6.42 Å². The van der Waals surface area contributed by atoms with Gasteiger partial charge >= 0.3 is 0 Å². The van der Waals surface area contributed by atoms with E-state index in [1.165, 1.54) is 6.07 Å². The maximum absolute atomic E-state index is 13.9. The van der Waals surface area contributed by atoms with Crippen LogP contribution in [0.3, 0.4) is 0 Å². The van der Waals surface area contributed by atoms with Crippen LogP contribution in [-0.4, -0.2) is 6.54 Å². The van der Waals surface area contributed by atoms with Gasteiger partial charge in [0.2, 0.25) is 0 Å². The number of nitrogens with two attached hydrogens (primary N) is 1. The monoisotopic (exact) mass is 343 g/mol. The Hall–Kier alpha value is -1.10. The first-order valence-corrected chi connectivity index (χ1v) is 6.89. The average Bonchev–Trinajstić information content (AvgIpc) is 2.36. The summed E-state index contributed by atoms with van der Waals surface area (Å²) in [6.07, 6.45) is 0.543. The molecule has 0 spiro atoms. The van der Waals surface area contributed by atoms with Gasteiger partial charge in [0, 0.05) is 4.47 Å². The molecule has 0 saturated carbocycles. The Morgan fingerprint density at radius 3 is 2.74 bits per heavy atom. The number of benzene rings is 2. The van der Waals surface area contributed by atoms with Gasteiger partial charge in [-0.15, -0.1) is 0 Å². The van der Waals surface area contributed by atoms with E-state index in [0.717, 1.165) is 10.0 Å². The molecule has 0 aliphatic heterocycles. The number of rotatable bonds is 4. The molecule has 100 valence electrons. The molecule has 0 bridgehead atoms. The Morgan fingerprint density at radius 2 is 2.05 bits per heavy atom. The van der Waals surface area contributed by atoms with Gasteiger partial charge in [-0.2, -0.15) is 0 Å². The molecule has 0 saturated heterocycles. The van der Waals surface area contributed by atoms with Gasteiger partial charge in [-0.3, -0.25) is 0 Å². The Morgan fingerprint density at radius 1 is 1.26 bits per heavy atom. The number of hydrogen-bond acceptors (Lipinski definition) is 2. The van der Waals surface area contributed by atoms with Crippen LogP contribution in [0.15, 0.2) is 40.9 Å². The van der Waals surface area contributed by atoms with Gasteiger partial charge in [0.15, 0.2) is 11.6 Å². The Kier molecular flexibility index (Phi) is 4.80. The Balaban J connectivity index is 2.37. The van der Waals surface area contributed by atoms with E-state index < -0.39 is 5.82 Å². The predicted octanol–water partition coefficient (Wildman–Crippen LogP) is 4.54. The summed E-state index contributed by atoms with van der Waals surface area (Å²) in [4.78, 5) is 0. The maximum atomic E-state index is 13.9. The van der Waals surface area contributed by atoms with Gasteiger partial charge in [-0.25, -0.2) is 4.39 Å².